The van der Waals surface area contributed by atoms with Crippen LogP contribution in [0.5, 0.6) is 0 Å². The van der Waals surface area contributed by atoms with E-state index in [1.54, 1.807) is 7.11 Å². The van der Waals surface area contributed by atoms with Crippen molar-refractivity contribution in [2.45, 2.75) is 13.1 Å². The maximum absolute atomic E-state index is 4.85. The van der Waals surface area contributed by atoms with Gasteiger partial charge >= 0.3 is 0 Å². The monoisotopic (exact) mass is 178 g/mol. The van der Waals surface area contributed by atoms with Crippen molar-refractivity contribution in [2.75, 3.05) is 7.11 Å². The zero-order valence-electron chi connectivity index (χ0n) is 4.49. The number of rotatable bonds is 1. The maximum atomic E-state index is 4.85. The predicted octanol–water partition coefficient (Wildman–Crippen LogP) is 0.881. The molecule has 0 amide bonds. The zero-order chi connectivity index (χ0) is 4.28. The van der Waals surface area contributed by atoms with Gasteiger partial charge in [0.25, 0.3) is 0 Å². The molecule has 34 valence electrons. The molecule has 0 saturated carbocycles. The molecule has 0 aromatic rings. The van der Waals surface area contributed by atoms with E-state index in [1.165, 1.54) is 0 Å². The van der Waals surface area contributed by atoms with Crippen molar-refractivity contribution >= 4 is 9.04 Å². The van der Waals surface area contributed by atoms with E-state index in [9.17, 15) is 0 Å². The molecule has 0 N–H and O–H groups in total. The van der Waals surface area contributed by atoms with Crippen LogP contribution < -0.4 is 0 Å². The molecule has 0 atom stereocenters. The molecule has 0 aliphatic heterocycles. The fraction of sp³-hybridized carbons (Fsp3) is 1.00. The van der Waals surface area contributed by atoms with Gasteiger partial charge in [0.1, 0.15) is 0 Å². The van der Waals surface area contributed by atoms with Crippen LogP contribution in [0, 0.1) is 0 Å². The molecule has 0 saturated heterocycles. The van der Waals surface area contributed by atoms with E-state index in [4.69, 9.17) is 4.43 Å². The van der Waals surface area contributed by atoms with Crippen molar-refractivity contribution < 1.29 is 37.1 Å². The van der Waals surface area contributed by atoms with Crippen molar-refractivity contribution in [3.8, 4) is 0 Å². The number of hydrogen-bond acceptors (Lipinski definition) is 1. The van der Waals surface area contributed by atoms with E-state index in [1.807, 2.05) is 0 Å². The van der Waals surface area contributed by atoms with E-state index < -0.39 is 0 Å². The molecule has 1 nitrogen and oxygen atoms in total. The Hall–Kier alpha value is 1.28. The Morgan fingerprint density at radius 1 is 1.33 bits per heavy atom. The molecule has 6 heavy (non-hydrogen) atoms. The van der Waals surface area contributed by atoms with Gasteiger partial charge in [-0.3, -0.25) is 0 Å². The Labute approximate surface area is 66.1 Å². The Bertz CT molecular complexity index is 24.8. The smallest absolute Gasteiger partial charge is 0.204 e. The van der Waals surface area contributed by atoms with Crippen LogP contribution in [-0.4, -0.2) is 16.2 Å². The van der Waals surface area contributed by atoms with Crippen LogP contribution in [0.3, 0.4) is 0 Å². The molecule has 0 spiro atoms. The maximum Gasteiger partial charge on any atom is 0.204 e. The van der Waals surface area contributed by atoms with Gasteiger partial charge in [0.15, 0.2) is 0 Å². The summed E-state index contributed by atoms with van der Waals surface area (Å²) >= 11 is 0. The number of hydrogen-bond donors (Lipinski definition) is 0. The first-order chi connectivity index (χ1) is 2.27. The summed E-state index contributed by atoms with van der Waals surface area (Å²) in [5, 5.41) is 0. The summed E-state index contributed by atoms with van der Waals surface area (Å²) in [7, 11) is 1.37. The van der Waals surface area contributed by atoms with Gasteiger partial charge < -0.3 is 4.43 Å². The standard InChI is InChI=1S/C3H9OSi.Y/c1-4-5(2)3;/h1-3H3;. The van der Waals surface area contributed by atoms with Crippen LogP contribution in [0.2, 0.25) is 13.1 Å². The van der Waals surface area contributed by atoms with Crippen molar-refractivity contribution in [1.29, 1.82) is 0 Å². The third kappa shape index (κ3) is 8.99. The van der Waals surface area contributed by atoms with E-state index in [-0.39, 0.29) is 41.7 Å². The third-order valence-corrected chi connectivity index (χ3v) is 1.22. The van der Waals surface area contributed by atoms with E-state index in [2.05, 4.69) is 13.1 Å². The summed E-state index contributed by atoms with van der Waals surface area (Å²) in [5.74, 6) is 0. The second-order valence-electron chi connectivity index (χ2n) is 1.11. The molecule has 0 aromatic carbocycles. The quantitative estimate of drug-likeness (QED) is 0.541. The third-order valence-electron chi connectivity index (χ3n) is 0.408. The van der Waals surface area contributed by atoms with Gasteiger partial charge in [-0.2, -0.15) is 0 Å². The molecule has 2 radical (unpaired) electrons. The molecular weight excluding hydrogens is 169 g/mol. The topological polar surface area (TPSA) is 9.23 Å². The van der Waals surface area contributed by atoms with Gasteiger partial charge in [-0.1, -0.05) is 0 Å². The van der Waals surface area contributed by atoms with Crippen molar-refractivity contribution in [3.05, 3.63) is 0 Å². The van der Waals surface area contributed by atoms with Crippen molar-refractivity contribution in [2.24, 2.45) is 0 Å². The van der Waals surface area contributed by atoms with Crippen LogP contribution in [0.1, 0.15) is 0 Å². The summed E-state index contributed by atoms with van der Waals surface area (Å²) in [6, 6.07) is 0. The van der Waals surface area contributed by atoms with Crippen LogP contribution >= 0.6 is 0 Å². The predicted molar refractivity (Wildman–Crippen MR) is 24.5 cm³/mol. The van der Waals surface area contributed by atoms with Crippen LogP contribution in [0.15, 0.2) is 0 Å². The molecule has 0 aliphatic rings. The molecule has 0 heterocycles. The fourth-order valence-electron chi connectivity index (χ4n) is 0. The second kappa shape index (κ2) is 6.28. The van der Waals surface area contributed by atoms with Crippen LogP contribution in [0.25, 0.3) is 0 Å². The summed E-state index contributed by atoms with van der Waals surface area (Å²) in [5.41, 5.74) is 0. The zero-order valence-corrected chi connectivity index (χ0v) is 8.32. The summed E-state index contributed by atoms with van der Waals surface area (Å²) in [6.07, 6.45) is 0. The van der Waals surface area contributed by atoms with Gasteiger partial charge in [0.2, 0.25) is 9.04 Å². The summed E-state index contributed by atoms with van der Waals surface area (Å²) < 4.78 is 4.85. The average Bonchev–Trinajstić information content (AvgIpc) is 1.38. The van der Waals surface area contributed by atoms with E-state index >= 15 is 0 Å². The summed E-state index contributed by atoms with van der Waals surface area (Å²) in [6.45, 7) is 4.20. The van der Waals surface area contributed by atoms with Crippen LogP contribution in [0.4, 0.5) is 0 Å². The summed E-state index contributed by atoms with van der Waals surface area (Å²) in [4.78, 5) is 0. The molecule has 0 bridgehead atoms. The van der Waals surface area contributed by atoms with Gasteiger partial charge in [0.05, 0.1) is 0 Å². The molecule has 0 aliphatic carbocycles. The van der Waals surface area contributed by atoms with E-state index in [0.29, 0.717) is 0 Å². The average molecular weight is 178 g/mol. The fourth-order valence-corrected chi connectivity index (χ4v) is 0. The molecular formula is C3H9OSiY. The first-order valence-corrected chi connectivity index (χ1v) is 4.02. The van der Waals surface area contributed by atoms with Gasteiger partial charge in [-0.05, 0) is 13.1 Å². The Kier molecular flexibility index (Phi) is 10.8. The largest absolute Gasteiger partial charge is 0.420 e. The molecule has 0 rings (SSSR count). The van der Waals surface area contributed by atoms with E-state index in [0.717, 1.165) is 0 Å². The van der Waals surface area contributed by atoms with Gasteiger partial charge in [-0.15, -0.1) is 0 Å². The van der Waals surface area contributed by atoms with Gasteiger partial charge in [-0.25, -0.2) is 0 Å². The molecule has 3 heteroatoms. The van der Waals surface area contributed by atoms with Gasteiger partial charge in [0, 0.05) is 39.8 Å². The minimum absolute atomic E-state index is 0. The Morgan fingerprint density at radius 3 is 1.50 bits per heavy atom. The molecule has 0 aromatic heterocycles. The molecule has 0 unspecified atom stereocenters. The normalized spacial score (nSPS) is 8.00. The minimum Gasteiger partial charge on any atom is -0.420 e. The first kappa shape index (κ1) is 10.3. The molecule has 0 fully saturated rings. The SMILES string of the molecule is CO[Si](C)C.[Y]. The van der Waals surface area contributed by atoms with Crippen molar-refractivity contribution in [3.63, 3.8) is 0 Å². The Morgan fingerprint density at radius 2 is 1.50 bits per heavy atom. The minimum atomic E-state index is -0.374. The first-order valence-electron chi connectivity index (χ1n) is 1.61. The van der Waals surface area contributed by atoms with Crippen molar-refractivity contribution in [1.82, 2.24) is 0 Å². The Balaban J connectivity index is 0. The van der Waals surface area contributed by atoms with Crippen LogP contribution in [-0.2, 0) is 37.1 Å². The second-order valence-corrected chi connectivity index (χ2v) is 3.34.